The van der Waals surface area contributed by atoms with Gasteiger partial charge in [-0.3, -0.25) is 9.78 Å². The van der Waals surface area contributed by atoms with E-state index in [-0.39, 0.29) is 0 Å². The van der Waals surface area contributed by atoms with Gasteiger partial charge in [-0.15, -0.1) is 0 Å². The zero-order valence-electron chi connectivity index (χ0n) is 20.1. The summed E-state index contributed by atoms with van der Waals surface area (Å²) in [6.07, 6.45) is 11.0. The van der Waals surface area contributed by atoms with Crippen LogP contribution in [0.3, 0.4) is 0 Å². The molecular weight excluding hydrogens is 420 g/mol. The van der Waals surface area contributed by atoms with Crippen molar-refractivity contribution in [2.45, 2.75) is 69.4 Å². The van der Waals surface area contributed by atoms with E-state index >= 15 is 0 Å². The molecule has 3 aliphatic rings. The molecule has 6 rings (SSSR count). The summed E-state index contributed by atoms with van der Waals surface area (Å²) in [4.78, 5) is 20.9. The standard InChI is InChI=1S/C30H34N2O2/c1-21-3-2-4-26(15-21)30(10-13-34-14-11-30)29(33)32-27-7-8-28(32)19-23(18-27)16-22-5-6-24-9-12-31-20-25(24)17-22/h2-6,9,12,15,17,20,23,27-28H,7-8,10-11,13-14,16,18-19H2,1H3/t27-,28-/m0/s1. The number of hydrogen-bond acceptors (Lipinski definition) is 3. The number of carbonyl (C=O) groups is 1. The first kappa shape index (κ1) is 21.8. The molecule has 3 aliphatic heterocycles. The van der Waals surface area contributed by atoms with E-state index in [4.69, 9.17) is 4.74 Å². The third-order valence-electron chi connectivity index (χ3n) is 8.62. The summed E-state index contributed by atoms with van der Waals surface area (Å²) in [5.41, 5.74) is 3.38. The van der Waals surface area contributed by atoms with Crippen molar-refractivity contribution in [1.82, 2.24) is 9.88 Å². The highest BCUT2D eigenvalue weighted by Crippen LogP contribution is 2.45. The molecular formula is C30H34N2O2. The van der Waals surface area contributed by atoms with Gasteiger partial charge in [0, 0.05) is 43.1 Å². The molecule has 4 heteroatoms. The molecule has 3 aromatic rings. The van der Waals surface area contributed by atoms with Crippen LogP contribution in [0.1, 0.15) is 55.2 Å². The average molecular weight is 455 g/mol. The lowest BCUT2D eigenvalue weighted by molar-refractivity contribution is -0.146. The Morgan fingerprint density at radius 1 is 1.03 bits per heavy atom. The molecule has 2 atom stereocenters. The number of piperidine rings is 1. The van der Waals surface area contributed by atoms with Crippen molar-refractivity contribution in [3.05, 3.63) is 77.6 Å². The second-order valence-electron chi connectivity index (χ2n) is 10.8. The first-order valence-corrected chi connectivity index (χ1v) is 12.9. The van der Waals surface area contributed by atoms with Gasteiger partial charge in [0.15, 0.2) is 0 Å². The van der Waals surface area contributed by atoms with Gasteiger partial charge in [-0.25, -0.2) is 0 Å². The first-order chi connectivity index (χ1) is 16.6. The lowest BCUT2D eigenvalue weighted by Crippen LogP contribution is -2.56. The van der Waals surface area contributed by atoms with Crippen molar-refractivity contribution < 1.29 is 9.53 Å². The summed E-state index contributed by atoms with van der Waals surface area (Å²) >= 11 is 0. The van der Waals surface area contributed by atoms with Gasteiger partial charge < -0.3 is 9.64 Å². The van der Waals surface area contributed by atoms with E-state index in [0.717, 1.165) is 44.9 Å². The van der Waals surface area contributed by atoms with E-state index in [9.17, 15) is 4.79 Å². The highest BCUT2D eigenvalue weighted by molar-refractivity contribution is 5.89. The van der Waals surface area contributed by atoms with E-state index in [1.165, 1.54) is 27.5 Å². The fourth-order valence-electron chi connectivity index (χ4n) is 6.92. The summed E-state index contributed by atoms with van der Waals surface area (Å²) in [5.74, 6) is 1.00. The molecule has 1 amide bonds. The Hall–Kier alpha value is -2.72. The topological polar surface area (TPSA) is 42.4 Å². The Morgan fingerprint density at radius 2 is 1.82 bits per heavy atom. The van der Waals surface area contributed by atoms with Crippen molar-refractivity contribution in [1.29, 1.82) is 0 Å². The second-order valence-corrected chi connectivity index (χ2v) is 10.8. The number of ether oxygens (including phenoxy) is 1. The third-order valence-corrected chi connectivity index (χ3v) is 8.62. The maximum Gasteiger partial charge on any atom is 0.233 e. The summed E-state index contributed by atoms with van der Waals surface area (Å²) in [7, 11) is 0. The van der Waals surface area contributed by atoms with Gasteiger partial charge >= 0.3 is 0 Å². The predicted molar refractivity (Wildman–Crippen MR) is 135 cm³/mol. The Balaban J connectivity index is 1.23. The molecule has 4 nitrogen and oxygen atoms in total. The smallest absolute Gasteiger partial charge is 0.233 e. The molecule has 176 valence electrons. The van der Waals surface area contributed by atoms with Gasteiger partial charge in [0.25, 0.3) is 0 Å². The van der Waals surface area contributed by atoms with E-state index < -0.39 is 5.41 Å². The number of aryl methyl sites for hydroxylation is 1. The van der Waals surface area contributed by atoms with E-state index in [1.807, 2.05) is 12.4 Å². The van der Waals surface area contributed by atoms with Crippen LogP contribution in [0.2, 0.25) is 0 Å². The van der Waals surface area contributed by atoms with Crippen molar-refractivity contribution in [3.8, 4) is 0 Å². The van der Waals surface area contributed by atoms with Gasteiger partial charge in [0.2, 0.25) is 5.91 Å². The van der Waals surface area contributed by atoms with E-state index in [0.29, 0.717) is 37.1 Å². The van der Waals surface area contributed by atoms with Gasteiger partial charge in [-0.2, -0.15) is 0 Å². The highest BCUT2D eigenvalue weighted by Gasteiger charge is 2.51. The number of rotatable bonds is 4. The molecule has 1 aromatic heterocycles. The molecule has 3 fully saturated rings. The molecule has 4 heterocycles. The number of nitrogens with zero attached hydrogens (tertiary/aromatic N) is 2. The minimum absolute atomic E-state index is 0.365. The molecule has 0 aliphatic carbocycles. The monoisotopic (exact) mass is 454 g/mol. The Kier molecular flexibility index (Phi) is 5.65. The molecule has 0 N–H and O–H groups in total. The predicted octanol–water partition coefficient (Wildman–Crippen LogP) is 5.60. The molecule has 0 spiro atoms. The number of benzene rings is 2. The van der Waals surface area contributed by atoms with Crippen LogP contribution < -0.4 is 0 Å². The minimum Gasteiger partial charge on any atom is -0.381 e. The number of amides is 1. The fraction of sp³-hybridized carbons (Fsp3) is 0.467. The third kappa shape index (κ3) is 3.82. The molecule has 2 bridgehead atoms. The van der Waals surface area contributed by atoms with Crippen LogP contribution in [0.4, 0.5) is 0 Å². The van der Waals surface area contributed by atoms with Crippen molar-refractivity contribution >= 4 is 16.7 Å². The SMILES string of the molecule is Cc1cccc(C2(C(=O)N3[C@H]4CC[C@H]3CC(Cc3ccc5ccncc5c3)C4)CCOCC2)c1. The minimum atomic E-state index is -0.427. The van der Waals surface area contributed by atoms with Crippen LogP contribution in [-0.4, -0.2) is 41.1 Å². The molecule has 0 saturated carbocycles. The summed E-state index contributed by atoms with van der Waals surface area (Å²) in [6, 6.07) is 18.2. The van der Waals surface area contributed by atoms with Gasteiger partial charge in [-0.05, 0) is 86.4 Å². The van der Waals surface area contributed by atoms with Crippen LogP contribution in [0.15, 0.2) is 60.9 Å². The molecule has 2 aromatic carbocycles. The molecule has 0 unspecified atom stereocenters. The highest BCUT2D eigenvalue weighted by atomic mass is 16.5. The van der Waals surface area contributed by atoms with Crippen LogP contribution in [0.5, 0.6) is 0 Å². The Bertz CT molecular complexity index is 1190. The lowest BCUT2D eigenvalue weighted by atomic mass is 9.71. The maximum absolute atomic E-state index is 14.3. The summed E-state index contributed by atoms with van der Waals surface area (Å²) in [5, 5.41) is 2.47. The summed E-state index contributed by atoms with van der Waals surface area (Å²) < 4.78 is 5.72. The number of pyridine rings is 1. The van der Waals surface area contributed by atoms with Crippen molar-refractivity contribution in [2.24, 2.45) is 5.92 Å². The largest absolute Gasteiger partial charge is 0.381 e. The maximum atomic E-state index is 14.3. The van der Waals surface area contributed by atoms with Gasteiger partial charge in [0.1, 0.15) is 0 Å². The lowest BCUT2D eigenvalue weighted by Gasteiger charge is -2.46. The van der Waals surface area contributed by atoms with E-state index in [2.05, 4.69) is 65.3 Å². The Labute approximate surface area is 202 Å². The first-order valence-electron chi connectivity index (χ1n) is 12.9. The van der Waals surface area contributed by atoms with Crippen LogP contribution in [-0.2, 0) is 21.4 Å². The molecule has 34 heavy (non-hydrogen) atoms. The quantitative estimate of drug-likeness (QED) is 0.515. The zero-order chi connectivity index (χ0) is 23.1. The normalized spacial score (nSPS) is 26.0. The van der Waals surface area contributed by atoms with Crippen LogP contribution in [0.25, 0.3) is 10.8 Å². The zero-order valence-corrected chi connectivity index (χ0v) is 20.1. The van der Waals surface area contributed by atoms with E-state index in [1.54, 1.807) is 0 Å². The Morgan fingerprint density at radius 3 is 2.59 bits per heavy atom. The van der Waals surface area contributed by atoms with Crippen LogP contribution in [0, 0.1) is 12.8 Å². The fourth-order valence-corrected chi connectivity index (χ4v) is 6.92. The van der Waals surface area contributed by atoms with Gasteiger partial charge in [0.05, 0.1) is 5.41 Å². The number of carbonyl (C=O) groups excluding carboxylic acids is 1. The summed E-state index contributed by atoms with van der Waals surface area (Å²) in [6.45, 7) is 3.46. The van der Waals surface area contributed by atoms with Crippen molar-refractivity contribution in [3.63, 3.8) is 0 Å². The van der Waals surface area contributed by atoms with Gasteiger partial charge in [-0.1, -0.05) is 42.0 Å². The average Bonchev–Trinajstić information content (AvgIpc) is 3.13. The molecule has 3 saturated heterocycles. The molecule has 0 radical (unpaired) electrons. The second kappa shape index (κ2) is 8.81. The number of aromatic nitrogens is 1. The van der Waals surface area contributed by atoms with Crippen molar-refractivity contribution in [2.75, 3.05) is 13.2 Å². The number of hydrogen-bond donors (Lipinski definition) is 0. The van der Waals surface area contributed by atoms with Crippen LogP contribution >= 0.6 is 0 Å². The number of fused-ring (bicyclic) bond motifs is 3.